The molecule has 0 spiro atoms. The number of benzene rings is 1. The molecular weight excluding hydrogens is 192 g/mol. The molecule has 0 aliphatic carbocycles. The molecular formula is C9H9ClO3. The summed E-state index contributed by atoms with van der Waals surface area (Å²) in [4.78, 5) is 11.0. The zero-order chi connectivity index (χ0) is 9.90. The number of rotatable bonds is 2. The number of alkyl halides is 1. The number of carbonyl (C=O) groups is 1. The van der Waals surface area contributed by atoms with Gasteiger partial charge in [-0.25, -0.2) is 4.79 Å². The van der Waals surface area contributed by atoms with Gasteiger partial charge in [0.25, 0.3) is 5.06 Å². The Balaban J connectivity index is 3.00. The SMILES string of the molecule is COC(=O)[C@@](O)(Cl)c1ccccc1. The molecule has 4 heteroatoms. The minimum Gasteiger partial charge on any atom is -0.466 e. The Bertz CT molecular complexity index is 295. The van der Waals surface area contributed by atoms with Crippen LogP contribution in [-0.4, -0.2) is 18.2 Å². The van der Waals surface area contributed by atoms with Crippen molar-refractivity contribution in [3.63, 3.8) is 0 Å². The second-order valence-electron chi connectivity index (χ2n) is 2.48. The lowest BCUT2D eigenvalue weighted by Gasteiger charge is -2.17. The summed E-state index contributed by atoms with van der Waals surface area (Å²) in [6.07, 6.45) is 0. The molecule has 1 rings (SSSR count). The lowest BCUT2D eigenvalue weighted by molar-refractivity contribution is -0.154. The summed E-state index contributed by atoms with van der Waals surface area (Å²) in [5.74, 6) is -0.889. The summed E-state index contributed by atoms with van der Waals surface area (Å²) in [5, 5.41) is 7.46. The molecule has 0 radical (unpaired) electrons. The van der Waals surface area contributed by atoms with Gasteiger partial charge in [0.15, 0.2) is 0 Å². The molecule has 0 fully saturated rings. The topological polar surface area (TPSA) is 46.5 Å². The van der Waals surface area contributed by atoms with E-state index >= 15 is 0 Å². The van der Waals surface area contributed by atoms with Crippen molar-refractivity contribution in [3.8, 4) is 0 Å². The monoisotopic (exact) mass is 200 g/mol. The van der Waals surface area contributed by atoms with Crippen LogP contribution in [0.2, 0.25) is 0 Å². The van der Waals surface area contributed by atoms with Crippen LogP contribution in [0.4, 0.5) is 0 Å². The van der Waals surface area contributed by atoms with E-state index in [-0.39, 0.29) is 0 Å². The lowest BCUT2D eigenvalue weighted by atomic mass is 10.1. The van der Waals surface area contributed by atoms with E-state index in [0.29, 0.717) is 5.56 Å². The highest BCUT2D eigenvalue weighted by molar-refractivity contribution is 6.32. The molecule has 0 aromatic heterocycles. The molecule has 0 aliphatic heterocycles. The fourth-order valence-electron chi connectivity index (χ4n) is 0.912. The van der Waals surface area contributed by atoms with Gasteiger partial charge in [0.05, 0.1) is 7.11 Å². The summed E-state index contributed by atoms with van der Waals surface area (Å²) in [5.41, 5.74) is 0.295. The van der Waals surface area contributed by atoms with Crippen molar-refractivity contribution in [2.45, 2.75) is 5.06 Å². The molecule has 1 atom stereocenters. The quantitative estimate of drug-likeness (QED) is 0.577. The Morgan fingerprint density at radius 2 is 2.00 bits per heavy atom. The molecule has 0 saturated heterocycles. The van der Waals surface area contributed by atoms with Gasteiger partial charge in [0, 0.05) is 5.56 Å². The largest absolute Gasteiger partial charge is 0.466 e. The Morgan fingerprint density at radius 1 is 1.46 bits per heavy atom. The van der Waals surface area contributed by atoms with Gasteiger partial charge in [0.1, 0.15) is 0 Å². The van der Waals surface area contributed by atoms with Gasteiger partial charge in [0.2, 0.25) is 0 Å². The first-order valence-electron chi connectivity index (χ1n) is 3.64. The smallest absolute Gasteiger partial charge is 0.358 e. The van der Waals surface area contributed by atoms with E-state index in [1.807, 2.05) is 0 Å². The lowest BCUT2D eigenvalue weighted by Crippen LogP contribution is -2.30. The van der Waals surface area contributed by atoms with E-state index in [4.69, 9.17) is 11.6 Å². The zero-order valence-corrected chi connectivity index (χ0v) is 7.78. The van der Waals surface area contributed by atoms with E-state index in [1.165, 1.54) is 7.11 Å². The summed E-state index contributed by atoms with van der Waals surface area (Å²) >= 11 is 5.59. The molecule has 1 aromatic carbocycles. The average Bonchev–Trinajstić information content (AvgIpc) is 2.18. The van der Waals surface area contributed by atoms with Crippen LogP contribution in [0.15, 0.2) is 30.3 Å². The summed E-state index contributed by atoms with van der Waals surface area (Å²) in [6, 6.07) is 8.19. The first-order chi connectivity index (χ1) is 6.09. The van der Waals surface area contributed by atoms with Crippen molar-refractivity contribution in [1.29, 1.82) is 0 Å². The van der Waals surface area contributed by atoms with Crippen LogP contribution in [0, 0.1) is 0 Å². The van der Waals surface area contributed by atoms with E-state index in [2.05, 4.69) is 4.74 Å². The van der Waals surface area contributed by atoms with Crippen LogP contribution in [0.5, 0.6) is 0 Å². The number of aliphatic hydroxyl groups is 1. The van der Waals surface area contributed by atoms with Crippen LogP contribution in [-0.2, 0) is 14.6 Å². The van der Waals surface area contributed by atoms with Crippen molar-refractivity contribution < 1.29 is 14.6 Å². The normalized spacial score (nSPS) is 14.7. The molecule has 0 unspecified atom stereocenters. The highest BCUT2D eigenvalue weighted by Crippen LogP contribution is 2.26. The molecule has 0 aliphatic rings. The number of hydrogen-bond donors (Lipinski definition) is 1. The predicted molar refractivity (Wildman–Crippen MR) is 48.2 cm³/mol. The number of methoxy groups -OCH3 is 1. The van der Waals surface area contributed by atoms with Crippen LogP contribution in [0.1, 0.15) is 5.56 Å². The molecule has 0 bridgehead atoms. The van der Waals surface area contributed by atoms with Crippen molar-refractivity contribution in [2.75, 3.05) is 7.11 Å². The van der Waals surface area contributed by atoms with E-state index in [0.717, 1.165) is 0 Å². The Kier molecular flexibility index (Phi) is 2.90. The Hall–Kier alpha value is -1.06. The van der Waals surface area contributed by atoms with Gasteiger partial charge in [-0.1, -0.05) is 41.9 Å². The molecule has 1 N–H and O–H groups in total. The standard InChI is InChI=1S/C9H9ClO3/c1-13-8(11)9(10,12)7-5-3-2-4-6-7/h2-6,12H,1H3/t9-/m1/s1. The molecule has 0 amide bonds. The van der Waals surface area contributed by atoms with Crippen LogP contribution < -0.4 is 0 Å². The fraction of sp³-hybridized carbons (Fsp3) is 0.222. The maximum Gasteiger partial charge on any atom is 0.358 e. The van der Waals surface area contributed by atoms with Gasteiger partial charge in [-0.05, 0) is 0 Å². The third-order valence-electron chi connectivity index (χ3n) is 1.61. The second-order valence-corrected chi connectivity index (χ2v) is 3.03. The van der Waals surface area contributed by atoms with Gasteiger partial charge < -0.3 is 9.84 Å². The first kappa shape index (κ1) is 10.0. The number of esters is 1. The molecule has 0 saturated carbocycles. The summed E-state index contributed by atoms with van der Waals surface area (Å²) < 4.78 is 4.35. The maximum absolute atomic E-state index is 11.0. The number of ether oxygens (including phenoxy) is 1. The summed E-state index contributed by atoms with van der Waals surface area (Å²) in [6.45, 7) is 0. The van der Waals surface area contributed by atoms with Crippen LogP contribution in [0.25, 0.3) is 0 Å². The van der Waals surface area contributed by atoms with Gasteiger partial charge >= 0.3 is 5.97 Å². The van der Waals surface area contributed by atoms with E-state index in [9.17, 15) is 9.90 Å². The van der Waals surface area contributed by atoms with Gasteiger partial charge in [-0.15, -0.1) is 0 Å². The second kappa shape index (κ2) is 3.77. The molecule has 3 nitrogen and oxygen atoms in total. The molecule has 70 valence electrons. The van der Waals surface area contributed by atoms with Gasteiger partial charge in [-0.3, -0.25) is 0 Å². The van der Waals surface area contributed by atoms with Crippen LogP contribution >= 0.6 is 11.6 Å². The third-order valence-corrected chi connectivity index (χ3v) is 1.98. The van der Waals surface area contributed by atoms with Crippen molar-refractivity contribution in [2.24, 2.45) is 0 Å². The predicted octanol–water partition coefficient (Wildman–Crippen LogP) is 1.24. The molecule has 1 aromatic rings. The van der Waals surface area contributed by atoms with E-state index < -0.39 is 11.0 Å². The van der Waals surface area contributed by atoms with E-state index in [1.54, 1.807) is 30.3 Å². The maximum atomic E-state index is 11.0. The fourth-order valence-corrected chi connectivity index (χ4v) is 1.12. The zero-order valence-electron chi connectivity index (χ0n) is 7.03. The minimum atomic E-state index is -2.09. The Morgan fingerprint density at radius 3 is 2.46 bits per heavy atom. The number of hydrogen-bond acceptors (Lipinski definition) is 3. The van der Waals surface area contributed by atoms with Crippen molar-refractivity contribution in [3.05, 3.63) is 35.9 Å². The third kappa shape index (κ3) is 1.99. The van der Waals surface area contributed by atoms with Crippen molar-refractivity contribution >= 4 is 17.6 Å². The molecule has 0 heterocycles. The summed E-state index contributed by atoms with van der Waals surface area (Å²) in [7, 11) is 1.17. The number of carbonyl (C=O) groups excluding carboxylic acids is 1. The number of halogens is 1. The highest BCUT2D eigenvalue weighted by atomic mass is 35.5. The van der Waals surface area contributed by atoms with Gasteiger partial charge in [-0.2, -0.15) is 0 Å². The average molecular weight is 201 g/mol. The Labute approximate surface area is 80.9 Å². The van der Waals surface area contributed by atoms with Crippen LogP contribution in [0.3, 0.4) is 0 Å². The highest BCUT2D eigenvalue weighted by Gasteiger charge is 2.36. The van der Waals surface area contributed by atoms with Crippen molar-refractivity contribution in [1.82, 2.24) is 0 Å². The first-order valence-corrected chi connectivity index (χ1v) is 4.02. The molecule has 13 heavy (non-hydrogen) atoms. The minimum absolute atomic E-state index is 0.295.